The zero-order valence-corrected chi connectivity index (χ0v) is 20.3. The van der Waals surface area contributed by atoms with E-state index in [1.54, 1.807) is 24.3 Å². The molecule has 2 rings (SSSR count). The molecule has 0 saturated carbocycles. The smallest absolute Gasteiger partial charge is 0.404 e. The molecule has 0 bridgehead atoms. The number of rotatable bonds is 9. The molecular formula is C18H24NaO8P2. The fourth-order valence-corrected chi connectivity index (χ4v) is 4.12. The summed E-state index contributed by atoms with van der Waals surface area (Å²) in [6, 6.07) is 13.3. The minimum Gasteiger partial charge on any atom is -0.404 e. The summed E-state index contributed by atoms with van der Waals surface area (Å²) >= 11 is 0. The average Bonchev–Trinajstić information content (AvgIpc) is 2.59. The first kappa shape index (κ1) is 26.4. The minimum atomic E-state index is -4.59. The zero-order chi connectivity index (χ0) is 20.9. The first-order valence-corrected chi connectivity index (χ1v) is 11.8. The molecule has 0 aliphatic heterocycles. The molecule has 2 aromatic rings. The van der Waals surface area contributed by atoms with Crippen molar-refractivity contribution in [2.45, 2.75) is 38.5 Å². The molecule has 0 amide bonds. The van der Waals surface area contributed by atoms with Crippen molar-refractivity contribution in [3.05, 3.63) is 59.7 Å². The number of hydrogen-bond acceptors (Lipinski definition) is 4. The Hall–Kier alpha value is -0.660. The second-order valence-electron chi connectivity index (χ2n) is 6.33. The van der Waals surface area contributed by atoms with E-state index in [-0.39, 0.29) is 52.9 Å². The SMILES string of the molecule is CC[C@H](c1ccc(OP(=O)(O)O)cc1)[C@@H](CC)c1ccc(OP(=O)(O)O)cc1.[Na]. The first-order valence-electron chi connectivity index (χ1n) is 8.72. The van der Waals surface area contributed by atoms with Crippen molar-refractivity contribution < 1.29 is 37.8 Å². The second-order valence-corrected chi connectivity index (χ2v) is 8.66. The van der Waals surface area contributed by atoms with Crippen LogP contribution in [0.5, 0.6) is 11.5 Å². The maximum Gasteiger partial charge on any atom is 0.524 e. The fraction of sp³-hybridized carbons (Fsp3) is 0.333. The van der Waals surface area contributed by atoms with Gasteiger partial charge in [0.25, 0.3) is 0 Å². The Morgan fingerprint density at radius 3 is 1.17 bits per heavy atom. The van der Waals surface area contributed by atoms with E-state index in [0.717, 1.165) is 24.0 Å². The summed E-state index contributed by atoms with van der Waals surface area (Å²) in [4.78, 5) is 35.6. The Labute approximate surface area is 192 Å². The van der Waals surface area contributed by atoms with Gasteiger partial charge >= 0.3 is 15.6 Å². The van der Waals surface area contributed by atoms with Crippen LogP contribution in [0.3, 0.4) is 0 Å². The van der Waals surface area contributed by atoms with Crippen LogP contribution in [-0.2, 0) is 9.13 Å². The molecule has 29 heavy (non-hydrogen) atoms. The third-order valence-corrected chi connectivity index (χ3v) is 5.33. The largest absolute Gasteiger partial charge is 0.524 e. The Morgan fingerprint density at radius 1 is 0.690 bits per heavy atom. The van der Waals surface area contributed by atoms with Crippen LogP contribution in [0.1, 0.15) is 49.7 Å². The topological polar surface area (TPSA) is 134 Å². The number of phosphoric ester groups is 2. The van der Waals surface area contributed by atoms with Crippen molar-refractivity contribution in [3.8, 4) is 11.5 Å². The molecule has 1 radical (unpaired) electrons. The van der Waals surface area contributed by atoms with Gasteiger partial charge in [0.1, 0.15) is 11.5 Å². The van der Waals surface area contributed by atoms with Gasteiger partial charge in [0.05, 0.1) is 0 Å². The second kappa shape index (κ2) is 11.1. The standard InChI is InChI=1S/C18H24O8P2.Na/c1-3-17(13-5-9-15(10-6-13)25-27(19,20)21)18(4-2)14-7-11-16(12-8-14)26-28(22,23)24;/h5-12,17-18H,3-4H2,1-2H3,(H2,19,20,21)(H2,22,23,24);/t17-,18+;. The summed E-state index contributed by atoms with van der Waals surface area (Å²) in [6.07, 6.45) is 1.66. The molecule has 0 unspecified atom stereocenters. The van der Waals surface area contributed by atoms with E-state index in [9.17, 15) is 9.13 Å². The molecule has 0 fully saturated rings. The summed E-state index contributed by atoms with van der Waals surface area (Å²) in [5.41, 5.74) is 2.01. The molecule has 155 valence electrons. The maximum atomic E-state index is 10.9. The van der Waals surface area contributed by atoms with Gasteiger partial charge < -0.3 is 9.05 Å². The van der Waals surface area contributed by atoms with Crippen molar-refractivity contribution in [1.29, 1.82) is 0 Å². The van der Waals surface area contributed by atoms with Crippen molar-refractivity contribution in [1.82, 2.24) is 0 Å². The molecule has 0 saturated heterocycles. The third-order valence-electron chi connectivity index (χ3n) is 4.43. The van der Waals surface area contributed by atoms with Crippen LogP contribution >= 0.6 is 15.6 Å². The zero-order valence-electron chi connectivity index (χ0n) is 16.5. The molecule has 0 aromatic heterocycles. The summed E-state index contributed by atoms with van der Waals surface area (Å²) in [5.74, 6) is 0.475. The quantitative estimate of drug-likeness (QED) is 0.332. The van der Waals surface area contributed by atoms with Crippen molar-refractivity contribution in [2.75, 3.05) is 0 Å². The Morgan fingerprint density at radius 2 is 0.966 bits per heavy atom. The van der Waals surface area contributed by atoms with Gasteiger partial charge in [0.2, 0.25) is 0 Å². The van der Waals surface area contributed by atoms with E-state index in [0.29, 0.717) is 0 Å². The van der Waals surface area contributed by atoms with E-state index in [1.807, 2.05) is 0 Å². The molecule has 4 N–H and O–H groups in total. The van der Waals surface area contributed by atoms with Crippen LogP contribution in [0.2, 0.25) is 0 Å². The minimum absolute atomic E-state index is 0. The number of benzene rings is 2. The molecule has 0 spiro atoms. The van der Waals surface area contributed by atoms with Crippen molar-refractivity contribution >= 4 is 45.2 Å². The molecule has 0 heterocycles. The number of hydrogen-bond donors (Lipinski definition) is 4. The van der Waals surface area contributed by atoms with Crippen LogP contribution in [-0.4, -0.2) is 49.1 Å². The van der Waals surface area contributed by atoms with Crippen LogP contribution in [0.4, 0.5) is 0 Å². The molecule has 0 aliphatic carbocycles. The normalized spacial score (nSPS) is 13.9. The van der Waals surface area contributed by atoms with E-state index in [4.69, 9.17) is 19.6 Å². The summed E-state index contributed by atoms with van der Waals surface area (Å²) in [6.45, 7) is 4.11. The monoisotopic (exact) mass is 453 g/mol. The van der Waals surface area contributed by atoms with E-state index >= 15 is 0 Å². The summed E-state index contributed by atoms with van der Waals surface area (Å²) in [7, 11) is -9.19. The van der Waals surface area contributed by atoms with Gasteiger partial charge in [-0.15, -0.1) is 0 Å². The molecule has 2 atom stereocenters. The average molecular weight is 453 g/mol. The van der Waals surface area contributed by atoms with Crippen LogP contribution in [0.25, 0.3) is 0 Å². The first-order chi connectivity index (χ1) is 13.0. The summed E-state index contributed by atoms with van der Waals surface area (Å²) < 4.78 is 31.1. The Balaban J connectivity index is 0.00000420. The molecule has 8 nitrogen and oxygen atoms in total. The van der Waals surface area contributed by atoms with E-state index in [1.165, 1.54) is 24.3 Å². The van der Waals surface area contributed by atoms with Crippen LogP contribution < -0.4 is 9.05 Å². The molecule has 0 aliphatic rings. The fourth-order valence-electron chi connectivity index (χ4n) is 3.33. The van der Waals surface area contributed by atoms with E-state index in [2.05, 4.69) is 22.9 Å². The van der Waals surface area contributed by atoms with E-state index < -0.39 is 15.6 Å². The van der Waals surface area contributed by atoms with Gasteiger partial charge in [-0.25, -0.2) is 9.13 Å². The third kappa shape index (κ3) is 8.54. The maximum absolute atomic E-state index is 10.9. The van der Waals surface area contributed by atoms with Crippen LogP contribution in [0.15, 0.2) is 48.5 Å². The molecular weight excluding hydrogens is 429 g/mol. The summed E-state index contributed by atoms with van der Waals surface area (Å²) in [5, 5.41) is 0. The predicted octanol–water partition coefficient (Wildman–Crippen LogP) is 3.94. The van der Waals surface area contributed by atoms with Gasteiger partial charge in [0.15, 0.2) is 0 Å². The Bertz CT molecular complexity index is 787. The predicted molar refractivity (Wildman–Crippen MR) is 110 cm³/mol. The van der Waals surface area contributed by atoms with Gasteiger partial charge in [-0.1, -0.05) is 38.1 Å². The molecule has 2 aromatic carbocycles. The van der Waals surface area contributed by atoms with Crippen molar-refractivity contribution in [2.24, 2.45) is 0 Å². The van der Waals surface area contributed by atoms with Gasteiger partial charge in [-0.2, -0.15) is 0 Å². The van der Waals surface area contributed by atoms with Crippen LogP contribution in [0, 0.1) is 0 Å². The number of phosphoric acid groups is 2. The molecule has 11 heteroatoms. The van der Waals surface area contributed by atoms with Crippen molar-refractivity contribution in [3.63, 3.8) is 0 Å². The van der Waals surface area contributed by atoms with Gasteiger partial charge in [0, 0.05) is 29.6 Å². The van der Waals surface area contributed by atoms with Gasteiger partial charge in [-0.05, 0) is 60.1 Å². The van der Waals surface area contributed by atoms with Gasteiger partial charge in [-0.3, -0.25) is 19.6 Å². The Kier molecular flexibility index (Phi) is 10.1.